The van der Waals surface area contributed by atoms with E-state index in [-0.39, 0.29) is 6.71 Å². The van der Waals surface area contributed by atoms with E-state index in [1.807, 2.05) is 0 Å². The summed E-state index contributed by atoms with van der Waals surface area (Å²) in [7, 11) is 0. The Bertz CT molecular complexity index is 2660. The molecule has 6 aromatic carbocycles. The number of hydrogen-bond donors (Lipinski definition) is 0. The van der Waals surface area contributed by atoms with Crippen molar-refractivity contribution in [2.75, 3.05) is 0 Å². The van der Waals surface area contributed by atoms with Gasteiger partial charge in [0, 0.05) is 55.2 Å². The summed E-state index contributed by atoms with van der Waals surface area (Å²) in [4.78, 5) is 5.00. The van der Waals surface area contributed by atoms with Crippen LogP contribution in [0.4, 0.5) is 0 Å². The maximum absolute atomic E-state index is 5.00. The minimum atomic E-state index is 0.136. The molecule has 0 spiro atoms. The quantitative estimate of drug-likeness (QED) is 0.162. The first-order chi connectivity index (χ1) is 20.4. The van der Waals surface area contributed by atoms with Gasteiger partial charge < -0.3 is 9.13 Å². The summed E-state index contributed by atoms with van der Waals surface area (Å²) in [5, 5.41) is 8.89. The minimum absolute atomic E-state index is 0.136. The van der Waals surface area contributed by atoms with Gasteiger partial charge >= 0.3 is 0 Å². The maximum Gasteiger partial charge on any atom is 0.252 e. The molecule has 0 unspecified atom stereocenters. The first-order valence-electron chi connectivity index (χ1n) is 14.3. The molecule has 0 atom stereocenters. The lowest BCUT2D eigenvalue weighted by molar-refractivity contribution is 1.16. The molecule has 0 saturated heterocycles. The Balaban J connectivity index is 1.49. The molecule has 3 aromatic heterocycles. The zero-order chi connectivity index (χ0) is 26.4. The van der Waals surface area contributed by atoms with Crippen molar-refractivity contribution in [3.05, 3.63) is 121 Å². The summed E-state index contributed by atoms with van der Waals surface area (Å²) in [5.41, 5.74) is 12.9. The van der Waals surface area contributed by atoms with Crippen LogP contribution >= 0.6 is 0 Å². The maximum atomic E-state index is 5.00. The predicted octanol–water partition coefficient (Wildman–Crippen LogP) is 6.73. The summed E-state index contributed by atoms with van der Waals surface area (Å²) < 4.78 is 5.09. The van der Waals surface area contributed by atoms with E-state index in [0.29, 0.717) is 0 Å². The number of fused-ring (bicyclic) bond motifs is 14. The van der Waals surface area contributed by atoms with Crippen LogP contribution in [0.5, 0.6) is 0 Å². The lowest BCUT2D eigenvalue weighted by Gasteiger charge is -2.34. The highest BCUT2D eigenvalue weighted by Gasteiger charge is 2.41. The first kappa shape index (κ1) is 20.5. The van der Waals surface area contributed by atoms with Gasteiger partial charge in [0.25, 0.3) is 6.71 Å². The van der Waals surface area contributed by atoms with Crippen molar-refractivity contribution in [1.82, 2.24) is 14.1 Å². The van der Waals surface area contributed by atoms with Crippen molar-refractivity contribution >= 4 is 88.4 Å². The number of rotatable bonds is 0. The molecule has 2 aliphatic heterocycles. The van der Waals surface area contributed by atoms with Gasteiger partial charge in [-0.2, -0.15) is 0 Å². The molecule has 2 aliphatic rings. The van der Waals surface area contributed by atoms with Gasteiger partial charge in [0.1, 0.15) is 0 Å². The topological polar surface area (TPSA) is 22.8 Å². The molecule has 0 saturated carbocycles. The molecule has 5 heterocycles. The standard InChI is InChI=1S/C37H20BN3/c1-4-16-30-21(9-1)26-19-33-34-37(27(26)20-39-30)41-32-18-6-3-11-23(32)25-13-8-15-29(36(25)41)38(34)28-14-7-12-24-22-10-2-5-17-31(22)40(33)35(24)28/h1-20H. The van der Waals surface area contributed by atoms with E-state index in [2.05, 4.69) is 131 Å². The van der Waals surface area contributed by atoms with Crippen LogP contribution in [0.15, 0.2) is 121 Å². The monoisotopic (exact) mass is 517 g/mol. The fraction of sp³-hybridized carbons (Fsp3) is 0. The highest BCUT2D eigenvalue weighted by molar-refractivity contribution is 7.00. The molecular formula is C37H20BN3. The SMILES string of the molecule is c1ccc2c(c1)ncc1c3c4c(cc12)-n1c2ccccc2c2cccc(c21)B4c1cccc2c4ccccc4n-3c12. The van der Waals surface area contributed by atoms with Gasteiger partial charge in [0.15, 0.2) is 0 Å². The van der Waals surface area contributed by atoms with Gasteiger partial charge in [-0.3, -0.25) is 4.98 Å². The zero-order valence-corrected chi connectivity index (χ0v) is 22.0. The van der Waals surface area contributed by atoms with Crippen molar-refractivity contribution in [2.24, 2.45) is 0 Å². The average Bonchev–Trinajstić information content (AvgIpc) is 3.55. The lowest BCUT2D eigenvalue weighted by atomic mass is 9.34. The van der Waals surface area contributed by atoms with Crippen molar-refractivity contribution in [1.29, 1.82) is 0 Å². The molecule has 3 nitrogen and oxygen atoms in total. The zero-order valence-electron chi connectivity index (χ0n) is 22.0. The highest BCUT2D eigenvalue weighted by atomic mass is 15.0. The van der Waals surface area contributed by atoms with E-state index in [1.54, 1.807) is 0 Å². The molecule has 0 amide bonds. The molecule has 0 N–H and O–H groups in total. The third kappa shape index (κ3) is 2.23. The van der Waals surface area contributed by atoms with Crippen molar-refractivity contribution in [2.45, 2.75) is 0 Å². The summed E-state index contributed by atoms with van der Waals surface area (Å²) in [6.45, 7) is 0.136. The van der Waals surface area contributed by atoms with Crippen molar-refractivity contribution in [3.63, 3.8) is 0 Å². The fourth-order valence-corrected chi connectivity index (χ4v) is 8.22. The third-order valence-electron chi connectivity index (χ3n) is 9.71. The number of pyridine rings is 1. The fourth-order valence-electron chi connectivity index (χ4n) is 8.22. The number of benzene rings is 6. The third-order valence-corrected chi connectivity index (χ3v) is 9.71. The second kappa shape index (κ2) is 6.86. The van der Waals surface area contributed by atoms with E-state index in [0.717, 1.165) is 5.52 Å². The molecule has 0 radical (unpaired) electrons. The first-order valence-corrected chi connectivity index (χ1v) is 14.3. The Morgan fingerprint density at radius 3 is 1.80 bits per heavy atom. The van der Waals surface area contributed by atoms with Crippen LogP contribution in [-0.4, -0.2) is 20.8 Å². The second-order valence-electron chi connectivity index (χ2n) is 11.5. The van der Waals surface area contributed by atoms with Gasteiger partial charge in [-0.1, -0.05) is 91.0 Å². The Morgan fingerprint density at radius 2 is 1.07 bits per heavy atom. The van der Waals surface area contributed by atoms with Gasteiger partial charge in [0.2, 0.25) is 0 Å². The molecule has 41 heavy (non-hydrogen) atoms. The molecule has 4 heteroatoms. The lowest BCUT2D eigenvalue weighted by Crippen LogP contribution is -2.59. The van der Waals surface area contributed by atoms with Crippen LogP contribution in [0, 0.1) is 0 Å². The Hall–Kier alpha value is -5.35. The van der Waals surface area contributed by atoms with Crippen molar-refractivity contribution in [3.8, 4) is 11.4 Å². The normalized spacial score (nSPS) is 13.3. The van der Waals surface area contributed by atoms with Gasteiger partial charge in [-0.15, -0.1) is 0 Å². The smallest absolute Gasteiger partial charge is 0.252 e. The molecule has 0 fully saturated rings. The molecule has 186 valence electrons. The largest absolute Gasteiger partial charge is 0.310 e. The van der Waals surface area contributed by atoms with Gasteiger partial charge in [-0.05, 0) is 46.0 Å². The highest BCUT2D eigenvalue weighted by Crippen LogP contribution is 2.42. The summed E-state index contributed by atoms with van der Waals surface area (Å²) >= 11 is 0. The van der Waals surface area contributed by atoms with E-state index in [4.69, 9.17) is 4.98 Å². The molecular weight excluding hydrogens is 497 g/mol. The van der Waals surface area contributed by atoms with E-state index >= 15 is 0 Å². The van der Waals surface area contributed by atoms with E-state index in [1.165, 1.54) is 87.5 Å². The summed E-state index contributed by atoms with van der Waals surface area (Å²) in [6.07, 6.45) is 2.11. The molecule has 11 rings (SSSR count). The van der Waals surface area contributed by atoms with Crippen molar-refractivity contribution < 1.29 is 0 Å². The van der Waals surface area contributed by atoms with Gasteiger partial charge in [-0.25, -0.2) is 0 Å². The van der Waals surface area contributed by atoms with E-state index in [9.17, 15) is 0 Å². The number of hydrogen-bond acceptors (Lipinski definition) is 1. The van der Waals surface area contributed by atoms with Crippen LogP contribution in [0.25, 0.3) is 76.7 Å². The Morgan fingerprint density at radius 1 is 0.488 bits per heavy atom. The minimum Gasteiger partial charge on any atom is -0.310 e. The van der Waals surface area contributed by atoms with Crippen LogP contribution in [0.2, 0.25) is 0 Å². The van der Waals surface area contributed by atoms with Gasteiger partial charge in [0.05, 0.1) is 22.2 Å². The Labute approximate surface area is 235 Å². The molecule has 0 aliphatic carbocycles. The second-order valence-corrected chi connectivity index (χ2v) is 11.5. The number of nitrogens with zero attached hydrogens (tertiary/aromatic N) is 3. The van der Waals surface area contributed by atoms with Crippen LogP contribution in [0.1, 0.15) is 0 Å². The number of para-hydroxylation sites is 5. The summed E-state index contributed by atoms with van der Waals surface area (Å²) in [6, 6.07) is 42.6. The van der Waals surface area contributed by atoms with Crippen LogP contribution in [-0.2, 0) is 0 Å². The molecule has 9 aromatic rings. The average molecular weight is 517 g/mol. The number of aromatic nitrogens is 3. The van der Waals surface area contributed by atoms with E-state index < -0.39 is 0 Å². The molecule has 0 bridgehead atoms. The summed E-state index contributed by atoms with van der Waals surface area (Å²) in [5.74, 6) is 0. The predicted molar refractivity (Wildman–Crippen MR) is 173 cm³/mol. The van der Waals surface area contributed by atoms with Crippen LogP contribution in [0.3, 0.4) is 0 Å². The Kier molecular flexibility index (Phi) is 3.44. The van der Waals surface area contributed by atoms with Crippen LogP contribution < -0.4 is 16.4 Å².